The minimum absolute atomic E-state index is 0.190. The molecule has 118 valence electrons. The zero-order chi connectivity index (χ0) is 16.2. The highest BCUT2D eigenvalue weighted by Gasteiger charge is 2.16. The van der Waals surface area contributed by atoms with Gasteiger partial charge >= 0.3 is 0 Å². The maximum absolute atomic E-state index is 12.1. The Labute approximate surface area is 138 Å². The van der Waals surface area contributed by atoms with Gasteiger partial charge in [0.25, 0.3) is 5.56 Å². The van der Waals surface area contributed by atoms with E-state index in [4.69, 9.17) is 0 Å². The van der Waals surface area contributed by atoms with Crippen molar-refractivity contribution in [2.45, 2.75) is 13.3 Å². The van der Waals surface area contributed by atoms with Gasteiger partial charge in [-0.25, -0.2) is 9.97 Å². The van der Waals surface area contributed by atoms with Crippen molar-refractivity contribution in [1.82, 2.24) is 24.7 Å². The molecule has 0 saturated carbocycles. The third-order valence-electron chi connectivity index (χ3n) is 3.33. The van der Waals surface area contributed by atoms with E-state index in [0.717, 1.165) is 17.9 Å². The molecule has 0 spiro atoms. The van der Waals surface area contributed by atoms with Crippen molar-refractivity contribution in [3.63, 3.8) is 0 Å². The van der Waals surface area contributed by atoms with Crippen LogP contribution >= 0.6 is 11.8 Å². The summed E-state index contributed by atoms with van der Waals surface area (Å²) in [4.78, 5) is 23.9. The summed E-state index contributed by atoms with van der Waals surface area (Å²) >= 11 is 1.74. The number of thioether (sulfide) groups is 1. The fourth-order valence-electron chi connectivity index (χ4n) is 2.23. The molecule has 3 heterocycles. The molecular formula is C16H17N5OS. The number of hydrogen-bond donors (Lipinski definition) is 1. The second kappa shape index (κ2) is 6.78. The minimum atomic E-state index is -0.190. The van der Waals surface area contributed by atoms with Gasteiger partial charge in [0.15, 0.2) is 17.5 Å². The summed E-state index contributed by atoms with van der Waals surface area (Å²) in [6, 6.07) is 9.22. The van der Waals surface area contributed by atoms with Gasteiger partial charge in [-0.2, -0.15) is 16.4 Å². The molecule has 0 aliphatic heterocycles. The first kappa shape index (κ1) is 15.5. The van der Waals surface area contributed by atoms with Gasteiger partial charge in [-0.15, -0.1) is 5.10 Å². The number of rotatable bonds is 5. The molecule has 0 amide bonds. The van der Waals surface area contributed by atoms with Crippen molar-refractivity contribution in [1.29, 1.82) is 0 Å². The van der Waals surface area contributed by atoms with Gasteiger partial charge in [0, 0.05) is 24.1 Å². The maximum Gasteiger partial charge on any atom is 0.259 e. The number of aromatic nitrogens is 5. The average molecular weight is 327 g/mol. The van der Waals surface area contributed by atoms with Gasteiger partial charge < -0.3 is 4.98 Å². The van der Waals surface area contributed by atoms with Crippen LogP contribution in [0.5, 0.6) is 0 Å². The van der Waals surface area contributed by atoms with Crippen molar-refractivity contribution < 1.29 is 0 Å². The molecule has 0 radical (unpaired) electrons. The lowest BCUT2D eigenvalue weighted by atomic mass is 10.2. The van der Waals surface area contributed by atoms with Crippen molar-refractivity contribution in [2.24, 2.45) is 0 Å². The zero-order valence-corrected chi connectivity index (χ0v) is 13.8. The van der Waals surface area contributed by atoms with E-state index in [1.54, 1.807) is 34.8 Å². The van der Waals surface area contributed by atoms with Crippen LogP contribution in [0.3, 0.4) is 0 Å². The lowest BCUT2D eigenvalue weighted by Gasteiger charge is -2.05. The summed E-state index contributed by atoms with van der Waals surface area (Å²) in [5.41, 5.74) is 1.18. The van der Waals surface area contributed by atoms with E-state index in [1.807, 2.05) is 31.4 Å². The quantitative estimate of drug-likeness (QED) is 0.777. The molecule has 0 bridgehead atoms. The molecule has 0 saturated heterocycles. The van der Waals surface area contributed by atoms with Crippen molar-refractivity contribution >= 4 is 11.8 Å². The van der Waals surface area contributed by atoms with E-state index in [0.29, 0.717) is 23.0 Å². The standard InChI is InChI=1S/C16H17N5OS/c1-11-5-3-7-14(18-11)21-15(12-6-4-9-17-16(12)22)19-13(20-21)8-10-23-2/h3-7,9H,8,10H2,1-2H3,(H,17,22). The monoisotopic (exact) mass is 327 g/mol. The highest BCUT2D eigenvalue weighted by atomic mass is 32.2. The van der Waals surface area contributed by atoms with E-state index in [2.05, 4.69) is 20.1 Å². The summed E-state index contributed by atoms with van der Waals surface area (Å²) in [5.74, 6) is 2.81. The molecule has 0 aliphatic carbocycles. The van der Waals surface area contributed by atoms with E-state index >= 15 is 0 Å². The molecule has 0 aliphatic rings. The van der Waals surface area contributed by atoms with Crippen LogP contribution in [0, 0.1) is 6.92 Å². The number of nitrogens with one attached hydrogen (secondary N) is 1. The molecule has 0 aromatic carbocycles. The zero-order valence-electron chi connectivity index (χ0n) is 13.0. The fraction of sp³-hybridized carbons (Fsp3) is 0.250. The summed E-state index contributed by atoms with van der Waals surface area (Å²) in [6.45, 7) is 1.92. The Morgan fingerprint density at radius 3 is 2.83 bits per heavy atom. The Hall–Kier alpha value is -2.41. The molecule has 0 unspecified atom stereocenters. The third-order valence-corrected chi connectivity index (χ3v) is 3.94. The van der Waals surface area contributed by atoms with E-state index in [-0.39, 0.29) is 5.56 Å². The number of nitrogens with zero attached hydrogens (tertiary/aromatic N) is 4. The lowest BCUT2D eigenvalue weighted by Crippen LogP contribution is -2.11. The SMILES string of the molecule is CSCCc1nc(-c2ccc[nH]c2=O)n(-c2cccc(C)n2)n1. The Morgan fingerprint density at radius 2 is 2.09 bits per heavy atom. The van der Waals surface area contributed by atoms with Gasteiger partial charge in [0.05, 0.1) is 5.56 Å². The second-order valence-electron chi connectivity index (χ2n) is 5.06. The van der Waals surface area contributed by atoms with Gasteiger partial charge in [-0.05, 0) is 37.4 Å². The molecule has 1 N–H and O–H groups in total. The number of H-pyrrole nitrogens is 1. The molecule has 0 fully saturated rings. The van der Waals surface area contributed by atoms with Crippen LogP contribution in [0.4, 0.5) is 0 Å². The highest BCUT2D eigenvalue weighted by molar-refractivity contribution is 7.98. The summed E-state index contributed by atoms with van der Waals surface area (Å²) < 4.78 is 1.65. The van der Waals surface area contributed by atoms with Crippen molar-refractivity contribution in [3.05, 3.63) is 58.4 Å². The maximum atomic E-state index is 12.1. The van der Waals surface area contributed by atoms with Crippen LogP contribution < -0.4 is 5.56 Å². The third kappa shape index (κ3) is 3.34. The second-order valence-corrected chi connectivity index (χ2v) is 6.04. The topological polar surface area (TPSA) is 76.5 Å². The average Bonchev–Trinajstić information content (AvgIpc) is 2.97. The molecular weight excluding hydrogens is 310 g/mol. The smallest absolute Gasteiger partial charge is 0.259 e. The van der Waals surface area contributed by atoms with Crippen LogP contribution in [-0.2, 0) is 6.42 Å². The number of hydrogen-bond acceptors (Lipinski definition) is 5. The Kier molecular flexibility index (Phi) is 4.57. The lowest BCUT2D eigenvalue weighted by molar-refractivity contribution is 0.817. The molecule has 6 nitrogen and oxygen atoms in total. The summed E-state index contributed by atoms with van der Waals surface area (Å²) in [7, 11) is 0. The predicted molar refractivity (Wildman–Crippen MR) is 92.0 cm³/mol. The minimum Gasteiger partial charge on any atom is -0.328 e. The van der Waals surface area contributed by atoms with E-state index in [1.165, 1.54) is 0 Å². The Balaban J connectivity index is 2.15. The summed E-state index contributed by atoms with van der Waals surface area (Å²) in [5, 5.41) is 4.55. The van der Waals surface area contributed by atoms with Crippen LogP contribution in [0.15, 0.2) is 41.3 Å². The van der Waals surface area contributed by atoms with Crippen LogP contribution in [0.25, 0.3) is 17.2 Å². The van der Waals surface area contributed by atoms with E-state index in [9.17, 15) is 4.79 Å². The molecule has 23 heavy (non-hydrogen) atoms. The van der Waals surface area contributed by atoms with Gasteiger partial charge in [0.1, 0.15) is 0 Å². The van der Waals surface area contributed by atoms with Gasteiger partial charge in [-0.1, -0.05) is 6.07 Å². The first-order chi connectivity index (χ1) is 11.2. The van der Waals surface area contributed by atoms with Gasteiger partial charge in [-0.3, -0.25) is 4.79 Å². The number of aromatic amines is 1. The van der Waals surface area contributed by atoms with Crippen LogP contribution in [-0.4, -0.2) is 36.7 Å². The summed E-state index contributed by atoms with van der Waals surface area (Å²) in [6.07, 6.45) is 4.39. The molecule has 3 aromatic rings. The van der Waals surface area contributed by atoms with Crippen LogP contribution in [0.1, 0.15) is 11.5 Å². The number of pyridine rings is 2. The van der Waals surface area contributed by atoms with Crippen LogP contribution in [0.2, 0.25) is 0 Å². The normalized spacial score (nSPS) is 10.9. The molecule has 3 rings (SSSR count). The first-order valence-electron chi connectivity index (χ1n) is 7.26. The highest BCUT2D eigenvalue weighted by Crippen LogP contribution is 2.18. The van der Waals surface area contributed by atoms with Crippen molar-refractivity contribution in [2.75, 3.05) is 12.0 Å². The fourth-order valence-corrected chi connectivity index (χ4v) is 2.62. The molecule has 0 atom stereocenters. The van der Waals surface area contributed by atoms with Gasteiger partial charge in [0.2, 0.25) is 0 Å². The Morgan fingerprint density at radius 1 is 1.22 bits per heavy atom. The first-order valence-corrected chi connectivity index (χ1v) is 8.65. The van der Waals surface area contributed by atoms with E-state index < -0.39 is 0 Å². The van der Waals surface area contributed by atoms with Crippen molar-refractivity contribution in [3.8, 4) is 17.2 Å². The molecule has 7 heteroatoms. The Bertz CT molecular complexity index is 871. The molecule has 3 aromatic heterocycles. The largest absolute Gasteiger partial charge is 0.328 e. The number of aryl methyl sites for hydroxylation is 2. The predicted octanol–water partition coefficient (Wildman–Crippen LogP) is 2.23.